The number of hydrogen-bond acceptors (Lipinski definition) is 5. The minimum Gasteiger partial charge on any atom is -0.508 e. The van der Waals surface area contributed by atoms with Crippen molar-refractivity contribution in [2.24, 2.45) is 22.4 Å². The van der Waals surface area contributed by atoms with Crippen LogP contribution in [0.3, 0.4) is 0 Å². The fourth-order valence-corrected chi connectivity index (χ4v) is 5.90. The van der Waals surface area contributed by atoms with E-state index >= 15 is 0 Å². The minimum absolute atomic E-state index is 0.157. The molecule has 25 heavy (non-hydrogen) atoms. The molecule has 0 saturated heterocycles. The molecular formula is C20H25NO4. The first kappa shape index (κ1) is 16.4. The van der Waals surface area contributed by atoms with Crippen LogP contribution in [-0.2, 0) is 16.0 Å². The number of fused-ring (bicyclic) bond motifs is 5. The van der Waals surface area contributed by atoms with Crippen molar-refractivity contribution in [3.8, 4) is 5.75 Å². The number of phenols is 1. The third-order valence-corrected chi connectivity index (χ3v) is 6.84. The van der Waals surface area contributed by atoms with E-state index in [4.69, 9.17) is 4.74 Å². The SMILES string of the molecule is CC(=O)O[C@@H]1C[C@]2(C)C(=NO)CC[C@H]2[C@@H]2CCc3cc(O)ccc3[C@H]21. The fourth-order valence-electron chi connectivity index (χ4n) is 5.90. The van der Waals surface area contributed by atoms with Gasteiger partial charge in [-0.3, -0.25) is 4.79 Å². The number of phenolic OH excluding ortho intramolecular Hbond substituents is 1. The van der Waals surface area contributed by atoms with Crippen LogP contribution in [0.2, 0.25) is 0 Å². The topological polar surface area (TPSA) is 79.1 Å². The number of aryl methyl sites for hydroxylation is 1. The highest BCUT2D eigenvalue weighted by Gasteiger charge is 2.58. The van der Waals surface area contributed by atoms with E-state index in [9.17, 15) is 15.1 Å². The van der Waals surface area contributed by atoms with E-state index < -0.39 is 0 Å². The first-order chi connectivity index (χ1) is 11.9. The lowest BCUT2D eigenvalue weighted by atomic mass is 9.54. The highest BCUT2D eigenvalue weighted by molar-refractivity contribution is 5.92. The van der Waals surface area contributed by atoms with Crippen LogP contribution >= 0.6 is 0 Å². The summed E-state index contributed by atoms with van der Waals surface area (Å²) in [6, 6.07) is 5.57. The number of carbonyl (C=O) groups excluding carboxylic acids is 1. The summed E-state index contributed by atoms with van der Waals surface area (Å²) in [5.41, 5.74) is 3.02. The molecular weight excluding hydrogens is 318 g/mol. The Morgan fingerprint density at radius 1 is 1.32 bits per heavy atom. The van der Waals surface area contributed by atoms with Crippen LogP contribution in [0.25, 0.3) is 0 Å². The lowest BCUT2D eigenvalue weighted by molar-refractivity contribution is -0.154. The van der Waals surface area contributed by atoms with E-state index in [1.807, 2.05) is 12.1 Å². The lowest BCUT2D eigenvalue weighted by Crippen LogP contribution is -2.50. The van der Waals surface area contributed by atoms with E-state index in [-0.39, 0.29) is 29.2 Å². The lowest BCUT2D eigenvalue weighted by Gasteiger charge is -2.51. The molecule has 4 rings (SSSR count). The number of rotatable bonds is 1. The molecule has 5 nitrogen and oxygen atoms in total. The number of aromatic hydroxyl groups is 1. The van der Waals surface area contributed by atoms with Crippen molar-refractivity contribution in [3.63, 3.8) is 0 Å². The highest BCUT2D eigenvalue weighted by atomic mass is 16.5. The molecule has 0 radical (unpaired) electrons. The first-order valence-electron chi connectivity index (χ1n) is 9.14. The second-order valence-electron chi connectivity index (χ2n) is 8.07. The van der Waals surface area contributed by atoms with Crippen molar-refractivity contribution in [1.82, 2.24) is 0 Å². The van der Waals surface area contributed by atoms with Crippen LogP contribution < -0.4 is 0 Å². The molecule has 2 fully saturated rings. The molecule has 0 unspecified atom stereocenters. The van der Waals surface area contributed by atoms with Crippen molar-refractivity contribution in [2.75, 3.05) is 0 Å². The molecule has 0 aromatic heterocycles. The molecule has 3 aliphatic carbocycles. The number of ether oxygens (including phenoxy) is 1. The normalized spacial score (nSPS) is 37.9. The zero-order valence-electron chi connectivity index (χ0n) is 14.7. The van der Waals surface area contributed by atoms with E-state index in [1.165, 1.54) is 12.5 Å². The van der Waals surface area contributed by atoms with Gasteiger partial charge in [-0.2, -0.15) is 0 Å². The van der Waals surface area contributed by atoms with Gasteiger partial charge in [0.2, 0.25) is 0 Å². The summed E-state index contributed by atoms with van der Waals surface area (Å²) in [5, 5.41) is 22.9. The van der Waals surface area contributed by atoms with Gasteiger partial charge in [0.15, 0.2) is 0 Å². The van der Waals surface area contributed by atoms with E-state index in [1.54, 1.807) is 6.07 Å². The second kappa shape index (κ2) is 5.75. The smallest absolute Gasteiger partial charge is 0.302 e. The fraction of sp³-hybridized carbons (Fsp3) is 0.600. The van der Waals surface area contributed by atoms with E-state index in [2.05, 4.69) is 12.1 Å². The van der Waals surface area contributed by atoms with Gasteiger partial charge >= 0.3 is 5.97 Å². The summed E-state index contributed by atoms with van der Waals surface area (Å²) in [7, 11) is 0. The van der Waals surface area contributed by atoms with E-state index in [0.29, 0.717) is 18.3 Å². The molecule has 0 aliphatic heterocycles. The standard InChI is InChI=1S/C20H25NO4/c1-11(22)25-17-10-20(2)16(7-8-18(20)21-24)15-5-3-12-9-13(23)4-6-14(12)19(15)17/h4,6,9,15-17,19,23-24H,3,5,7-8,10H2,1-2H3/t15-,16-,17+,19+,20-/m0/s1. The molecule has 0 bridgehead atoms. The Hall–Kier alpha value is -2.04. The molecule has 2 N–H and O–H groups in total. The van der Waals surface area contributed by atoms with Crippen LogP contribution in [-0.4, -0.2) is 28.1 Å². The zero-order valence-corrected chi connectivity index (χ0v) is 14.7. The molecule has 1 aromatic rings. The third kappa shape index (κ3) is 2.43. The maximum absolute atomic E-state index is 11.8. The van der Waals surface area contributed by atoms with Crippen molar-refractivity contribution >= 4 is 11.7 Å². The van der Waals surface area contributed by atoms with E-state index in [0.717, 1.165) is 37.0 Å². The number of esters is 1. The molecule has 5 heteroatoms. The van der Waals surface area contributed by atoms with Crippen LogP contribution in [0.1, 0.15) is 56.6 Å². The Morgan fingerprint density at radius 2 is 2.12 bits per heavy atom. The maximum atomic E-state index is 11.8. The van der Waals surface area contributed by atoms with Crippen molar-refractivity contribution in [3.05, 3.63) is 29.3 Å². The summed E-state index contributed by atoms with van der Waals surface area (Å²) < 4.78 is 5.78. The molecule has 1 aromatic carbocycles. The van der Waals surface area contributed by atoms with Gasteiger partial charge in [-0.05, 0) is 67.2 Å². The van der Waals surface area contributed by atoms with Gasteiger partial charge in [-0.1, -0.05) is 18.1 Å². The second-order valence-corrected chi connectivity index (χ2v) is 8.07. The van der Waals surface area contributed by atoms with Crippen LogP contribution in [0.5, 0.6) is 5.75 Å². The van der Waals surface area contributed by atoms with Gasteiger partial charge in [0, 0.05) is 18.3 Å². The molecule has 5 atom stereocenters. The van der Waals surface area contributed by atoms with Crippen molar-refractivity contribution in [1.29, 1.82) is 0 Å². The quantitative estimate of drug-likeness (QED) is 0.464. The zero-order chi connectivity index (χ0) is 17.8. The summed E-state index contributed by atoms with van der Waals surface area (Å²) in [4.78, 5) is 11.8. The Morgan fingerprint density at radius 3 is 2.84 bits per heavy atom. The molecule has 0 heterocycles. The van der Waals surface area contributed by atoms with Gasteiger partial charge in [0.1, 0.15) is 11.9 Å². The van der Waals surface area contributed by atoms with Crippen molar-refractivity contribution in [2.45, 2.75) is 58.0 Å². The highest BCUT2D eigenvalue weighted by Crippen LogP contribution is 2.60. The number of nitrogens with zero attached hydrogens (tertiary/aromatic N) is 1. The van der Waals surface area contributed by atoms with Crippen LogP contribution in [0.15, 0.2) is 23.4 Å². The monoisotopic (exact) mass is 343 g/mol. The molecule has 2 saturated carbocycles. The molecule has 0 amide bonds. The summed E-state index contributed by atoms with van der Waals surface area (Å²) in [6.07, 6.45) is 4.25. The van der Waals surface area contributed by atoms with Crippen molar-refractivity contribution < 1.29 is 19.8 Å². The molecule has 3 aliphatic rings. The molecule has 134 valence electrons. The number of carbonyl (C=O) groups is 1. The third-order valence-electron chi connectivity index (χ3n) is 6.84. The minimum atomic E-state index is -0.266. The largest absolute Gasteiger partial charge is 0.508 e. The predicted molar refractivity (Wildman–Crippen MR) is 92.9 cm³/mol. The Bertz CT molecular complexity index is 743. The Labute approximate surface area is 147 Å². The average molecular weight is 343 g/mol. The first-order valence-corrected chi connectivity index (χ1v) is 9.14. The maximum Gasteiger partial charge on any atom is 0.302 e. The summed E-state index contributed by atoms with van der Waals surface area (Å²) in [5.74, 6) is 1.02. The van der Waals surface area contributed by atoms with Gasteiger partial charge in [-0.15, -0.1) is 0 Å². The van der Waals surface area contributed by atoms with Gasteiger partial charge in [0.05, 0.1) is 5.71 Å². The molecule has 0 spiro atoms. The van der Waals surface area contributed by atoms with Crippen LogP contribution in [0, 0.1) is 17.3 Å². The summed E-state index contributed by atoms with van der Waals surface area (Å²) >= 11 is 0. The predicted octanol–water partition coefficient (Wildman–Crippen LogP) is 3.62. The van der Waals surface area contributed by atoms with Crippen LogP contribution in [0.4, 0.5) is 0 Å². The number of hydrogen-bond donors (Lipinski definition) is 2. The number of benzene rings is 1. The Kier molecular flexibility index (Phi) is 3.78. The summed E-state index contributed by atoms with van der Waals surface area (Å²) in [6.45, 7) is 3.62. The Balaban J connectivity index is 1.80. The van der Waals surface area contributed by atoms with Gasteiger partial charge in [0.25, 0.3) is 0 Å². The van der Waals surface area contributed by atoms with Gasteiger partial charge in [-0.25, -0.2) is 0 Å². The van der Waals surface area contributed by atoms with Gasteiger partial charge < -0.3 is 15.1 Å². The number of oxime groups is 1. The average Bonchev–Trinajstić information content (AvgIpc) is 2.89.